The number of hydrogen-bond donors (Lipinski definition) is 7. The maximum atomic E-state index is 12.0. The lowest BCUT2D eigenvalue weighted by Gasteiger charge is -2.19. The van der Waals surface area contributed by atoms with Crippen molar-refractivity contribution in [2.75, 3.05) is 37.4 Å². The summed E-state index contributed by atoms with van der Waals surface area (Å²) in [5.41, 5.74) is 25.5. The second-order valence-electron chi connectivity index (χ2n) is 6.79. The van der Waals surface area contributed by atoms with Gasteiger partial charge in [-0.2, -0.15) is 0 Å². The molecule has 2 unspecified atom stereocenters. The molecule has 31 heavy (non-hydrogen) atoms. The zero-order valence-corrected chi connectivity index (χ0v) is 17.1. The summed E-state index contributed by atoms with van der Waals surface area (Å²) < 4.78 is 9.80. The van der Waals surface area contributed by atoms with Gasteiger partial charge < -0.3 is 48.8 Å². The molecule has 0 spiro atoms. The Morgan fingerprint density at radius 1 is 1.00 bits per heavy atom. The van der Waals surface area contributed by atoms with Crippen molar-refractivity contribution in [1.29, 1.82) is 0 Å². The van der Waals surface area contributed by atoms with Crippen LogP contribution in [-0.4, -0.2) is 56.5 Å². The van der Waals surface area contributed by atoms with Crippen LogP contribution in [0.1, 0.15) is 25.7 Å². The third-order valence-electron chi connectivity index (χ3n) is 4.18. The standard InChI is InChI=1S/C17H30N8O6/c18-9(3-1-5-23-12-11(19)13(26)14(12)27)7-31-17(29)25-10(8-30-16(22)28)4-2-6-24-15(20)21/h9-10,23H,1-8,18-19H2,(H2,22,28)(H,25,29)(H4,20,21,24). The number of carbonyl (C=O) groups excluding carboxylic acids is 2. The molecule has 1 rings (SSSR count). The van der Waals surface area contributed by atoms with Gasteiger partial charge in [-0.1, -0.05) is 0 Å². The molecule has 14 heteroatoms. The predicted octanol–water partition coefficient (Wildman–Crippen LogP) is -2.37. The Morgan fingerprint density at radius 3 is 2.32 bits per heavy atom. The second kappa shape index (κ2) is 12.9. The van der Waals surface area contributed by atoms with E-state index in [2.05, 4.69) is 15.6 Å². The van der Waals surface area contributed by atoms with Crippen molar-refractivity contribution in [1.82, 2.24) is 5.32 Å². The van der Waals surface area contributed by atoms with Gasteiger partial charge in [0.05, 0.1) is 6.04 Å². The molecule has 1 aromatic carbocycles. The topological polar surface area (TPSA) is 253 Å². The molecule has 2 atom stereocenters. The number of aliphatic imine (C=N–C) groups is 1. The molecule has 0 aliphatic heterocycles. The molecule has 1 aromatic rings. The molecule has 0 saturated carbocycles. The van der Waals surface area contributed by atoms with Gasteiger partial charge in [0.25, 0.3) is 10.9 Å². The number of ether oxygens (including phenoxy) is 2. The van der Waals surface area contributed by atoms with Crippen molar-refractivity contribution >= 4 is 29.5 Å². The fourth-order valence-corrected chi connectivity index (χ4v) is 2.56. The van der Waals surface area contributed by atoms with Crippen LogP contribution < -0.4 is 50.2 Å². The highest BCUT2D eigenvalue weighted by Crippen LogP contribution is 2.09. The Bertz CT molecular complexity index is 831. The Morgan fingerprint density at radius 2 is 1.71 bits per heavy atom. The fraction of sp³-hybridized carbons (Fsp3) is 0.588. The van der Waals surface area contributed by atoms with Crippen molar-refractivity contribution in [3.05, 3.63) is 20.4 Å². The molecule has 0 heterocycles. The maximum Gasteiger partial charge on any atom is 0.407 e. The first-order valence-electron chi connectivity index (χ1n) is 9.61. The number of rotatable bonds is 14. The van der Waals surface area contributed by atoms with Crippen molar-refractivity contribution in [3.63, 3.8) is 0 Å². The lowest BCUT2D eigenvalue weighted by atomic mass is 10.1. The van der Waals surface area contributed by atoms with Crippen LogP contribution in [0.4, 0.5) is 21.0 Å². The first-order chi connectivity index (χ1) is 14.6. The quantitative estimate of drug-likeness (QED) is 0.0693. The highest BCUT2D eigenvalue weighted by molar-refractivity contribution is 5.75. The van der Waals surface area contributed by atoms with Crippen molar-refractivity contribution in [2.24, 2.45) is 27.9 Å². The van der Waals surface area contributed by atoms with Gasteiger partial charge in [-0.25, -0.2) is 9.59 Å². The normalized spacial score (nSPS) is 12.5. The van der Waals surface area contributed by atoms with Gasteiger partial charge in [-0.15, -0.1) is 0 Å². The Labute approximate surface area is 178 Å². The van der Waals surface area contributed by atoms with Gasteiger partial charge in [0.2, 0.25) is 0 Å². The fourth-order valence-electron chi connectivity index (χ4n) is 2.56. The SMILES string of the molecule is NC(=O)OCC(CCCN=C(N)N)NC(=O)OCC(N)CCCNc1c(N)c(=O)c1=O. The number of hydrogen-bond acceptors (Lipinski definition) is 10. The van der Waals surface area contributed by atoms with Crippen LogP contribution in [0, 0.1) is 0 Å². The highest BCUT2D eigenvalue weighted by atomic mass is 16.6. The molecule has 0 aliphatic rings. The number of nitrogens with two attached hydrogens (primary N) is 5. The van der Waals surface area contributed by atoms with E-state index in [1.165, 1.54) is 0 Å². The molecular weight excluding hydrogens is 412 g/mol. The van der Waals surface area contributed by atoms with Gasteiger partial charge in [-0.05, 0) is 25.7 Å². The van der Waals surface area contributed by atoms with Crippen LogP contribution >= 0.6 is 0 Å². The summed E-state index contributed by atoms with van der Waals surface area (Å²) in [6.45, 7) is 0.542. The van der Waals surface area contributed by atoms with E-state index in [0.29, 0.717) is 38.8 Å². The number of anilines is 2. The lowest BCUT2D eigenvalue weighted by molar-refractivity contribution is 0.116. The number of carbonyl (C=O) groups is 2. The van der Waals surface area contributed by atoms with Crippen molar-refractivity contribution in [2.45, 2.75) is 37.8 Å². The summed E-state index contributed by atoms with van der Waals surface area (Å²) in [5.74, 6) is -0.0468. The summed E-state index contributed by atoms with van der Waals surface area (Å²) in [4.78, 5) is 48.9. The zero-order chi connectivity index (χ0) is 23.4. The van der Waals surface area contributed by atoms with Crippen molar-refractivity contribution < 1.29 is 19.1 Å². The summed E-state index contributed by atoms with van der Waals surface area (Å²) in [7, 11) is 0. The van der Waals surface area contributed by atoms with E-state index in [4.69, 9.17) is 38.1 Å². The van der Waals surface area contributed by atoms with E-state index in [1.807, 2.05) is 0 Å². The average molecular weight is 442 g/mol. The molecule has 0 fully saturated rings. The third-order valence-corrected chi connectivity index (χ3v) is 4.18. The molecule has 0 saturated heterocycles. The van der Waals surface area contributed by atoms with E-state index in [0.717, 1.165) is 0 Å². The third kappa shape index (κ3) is 9.66. The minimum Gasteiger partial charge on any atom is -0.448 e. The van der Waals surface area contributed by atoms with Gasteiger partial charge in [-0.3, -0.25) is 14.6 Å². The Hall–Kier alpha value is -3.55. The van der Waals surface area contributed by atoms with Crippen LogP contribution in [0.3, 0.4) is 0 Å². The Balaban J connectivity index is 2.29. The van der Waals surface area contributed by atoms with E-state index in [9.17, 15) is 19.2 Å². The number of alkyl carbamates (subject to hydrolysis) is 1. The molecule has 14 nitrogen and oxygen atoms in total. The largest absolute Gasteiger partial charge is 0.448 e. The minimum absolute atomic E-state index is 0.0468. The van der Waals surface area contributed by atoms with Gasteiger partial charge in [0.15, 0.2) is 5.96 Å². The maximum absolute atomic E-state index is 12.0. The monoisotopic (exact) mass is 442 g/mol. The van der Waals surface area contributed by atoms with Crippen molar-refractivity contribution in [3.8, 4) is 0 Å². The summed E-state index contributed by atoms with van der Waals surface area (Å²) in [6.07, 6.45) is 0.284. The van der Waals surface area contributed by atoms with Crippen LogP contribution in [0.2, 0.25) is 0 Å². The zero-order valence-electron chi connectivity index (χ0n) is 17.1. The van der Waals surface area contributed by atoms with Crippen LogP contribution in [0.15, 0.2) is 14.6 Å². The Kier molecular flexibility index (Phi) is 10.6. The van der Waals surface area contributed by atoms with Crippen LogP contribution in [0.25, 0.3) is 0 Å². The smallest absolute Gasteiger partial charge is 0.407 e. The summed E-state index contributed by atoms with van der Waals surface area (Å²) in [5, 5.41) is 5.35. The number of nitrogens with zero attached hydrogens (tertiary/aromatic N) is 1. The first-order valence-corrected chi connectivity index (χ1v) is 9.61. The summed E-state index contributed by atoms with van der Waals surface area (Å²) in [6, 6.07) is -0.990. The van der Waals surface area contributed by atoms with Gasteiger partial charge in [0, 0.05) is 19.1 Å². The number of nitrogens with one attached hydrogen (secondary N) is 2. The summed E-state index contributed by atoms with van der Waals surface area (Å²) >= 11 is 0. The van der Waals surface area contributed by atoms with Crippen LogP contribution in [-0.2, 0) is 9.47 Å². The molecule has 0 bridgehead atoms. The van der Waals surface area contributed by atoms with E-state index >= 15 is 0 Å². The number of guanidine groups is 1. The predicted molar refractivity (Wildman–Crippen MR) is 115 cm³/mol. The van der Waals surface area contributed by atoms with Gasteiger partial charge >= 0.3 is 12.2 Å². The van der Waals surface area contributed by atoms with E-state index < -0.39 is 35.1 Å². The molecule has 174 valence electrons. The molecule has 0 aliphatic carbocycles. The number of amides is 2. The molecule has 0 radical (unpaired) electrons. The number of primary amides is 1. The minimum atomic E-state index is -0.967. The number of nitrogen functional groups attached to an aromatic ring is 1. The van der Waals surface area contributed by atoms with E-state index in [1.54, 1.807) is 0 Å². The van der Waals surface area contributed by atoms with E-state index in [-0.39, 0.29) is 30.5 Å². The second-order valence-corrected chi connectivity index (χ2v) is 6.79. The molecule has 0 aromatic heterocycles. The molecule has 2 amide bonds. The lowest BCUT2D eigenvalue weighted by Crippen LogP contribution is -2.41. The van der Waals surface area contributed by atoms with Gasteiger partial charge in [0.1, 0.15) is 24.6 Å². The molecule has 12 N–H and O–H groups in total. The average Bonchev–Trinajstić information content (AvgIpc) is 2.72. The first kappa shape index (κ1) is 25.5. The molecular formula is C17H30N8O6. The van der Waals surface area contributed by atoms with Crippen LogP contribution in [0.5, 0.6) is 0 Å². The highest BCUT2D eigenvalue weighted by Gasteiger charge is 2.18.